The summed E-state index contributed by atoms with van der Waals surface area (Å²) in [5, 5.41) is 3.58. The number of nitrogens with zero attached hydrogens (tertiary/aromatic N) is 1. The van der Waals surface area contributed by atoms with Gasteiger partial charge < -0.3 is 5.32 Å². The Labute approximate surface area is 99.6 Å². The monoisotopic (exact) mass is 268 g/mol. The third-order valence-corrected chi connectivity index (χ3v) is 3.79. The number of aromatic nitrogens is 1. The summed E-state index contributed by atoms with van der Waals surface area (Å²) in [6.45, 7) is 4.67. The van der Waals surface area contributed by atoms with Gasteiger partial charge in [0, 0.05) is 6.04 Å². The highest BCUT2D eigenvalue weighted by Crippen LogP contribution is 2.38. The van der Waals surface area contributed by atoms with Crippen molar-refractivity contribution in [2.75, 3.05) is 5.32 Å². The second kappa shape index (κ2) is 4.12. The van der Waals surface area contributed by atoms with Gasteiger partial charge in [0.25, 0.3) is 0 Å². The molecule has 1 fully saturated rings. The van der Waals surface area contributed by atoms with Crippen LogP contribution in [0.2, 0.25) is 0 Å². The molecular formula is C12H17BrN2. The van der Waals surface area contributed by atoms with Gasteiger partial charge in [0.1, 0.15) is 4.60 Å². The lowest BCUT2D eigenvalue weighted by molar-refractivity contribution is 0.350. The van der Waals surface area contributed by atoms with Crippen molar-refractivity contribution in [3.05, 3.63) is 22.9 Å². The molecule has 3 heteroatoms. The van der Waals surface area contributed by atoms with Crippen molar-refractivity contribution in [1.29, 1.82) is 0 Å². The Balaban J connectivity index is 2.06. The van der Waals surface area contributed by atoms with Gasteiger partial charge in [-0.2, -0.15) is 0 Å². The molecule has 0 bridgehead atoms. The van der Waals surface area contributed by atoms with E-state index < -0.39 is 0 Å². The lowest BCUT2D eigenvalue weighted by atomic mass is 9.87. The van der Waals surface area contributed by atoms with E-state index in [-0.39, 0.29) is 0 Å². The first kappa shape index (κ1) is 10.9. The standard InChI is InChI=1S/C12H17BrN2/c1-12(2)7-3-4-10(12)15-9-5-6-11(13)14-8-9/h5-6,8,10,15H,3-4,7H2,1-2H3. The number of halogens is 1. The molecule has 1 aliphatic carbocycles. The summed E-state index contributed by atoms with van der Waals surface area (Å²) in [6, 6.07) is 4.64. The third kappa shape index (κ3) is 2.51. The lowest BCUT2D eigenvalue weighted by Crippen LogP contribution is -2.30. The lowest BCUT2D eigenvalue weighted by Gasteiger charge is -2.28. The highest BCUT2D eigenvalue weighted by Gasteiger charge is 2.34. The molecule has 1 aromatic heterocycles. The van der Waals surface area contributed by atoms with E-state index in [1.807, 2.05) is 12.3 Å². The van der Waals surface area contributed by atoms with Crippen LogP contribution >= 0.6 is 15.9 Å². The SMILES string of the molecule is CC1(C)CCCC1Nc1ccc(Br)nc1. The predicted octanol–water partition coefficient (Wildman–Crippen LogP) is 3.83. The third-order valence-electron chi connectivity index (χ3n) is 3.33. The van der Waals surface area contributed by atoms with E-state index >= 15 is 0 Å². The van der Waals surface area contributed by atoms with Crippen LogP contribution in [-0.2, 0) is 0 Å². The number of hydrogen-bond acceptors (Lipinski definition) is 2. The maximum Gasteiger partial charge on any atom is 0.106 e. The zero-order valence-electron chi connectivity index (χ0n) is 9.26. The van der Waals surface area contributed by atoms with Crippen LogP contribution in [0.15, 0.2) is 22.9 Å². The zero-order valence-corrected chi connectivity index (χ0v) is 10.8. The van der Waals surface area contributed by atoms with Crippen molar-refractivity contribution in [1.82, 2.24) is 4.98 Å². The molecule has 82 valence electrons. The molecular weight excluding hydrogens is 252 g/mol. The van der Waals surface area contributed by atoms with Crippen molar-refractivity contribution in [3.63, 3.8) is 0 Å². The quantitative estimate of drug-likeness (QED) is 0.825. The van der Waals surface area contributed by atoms with Crippen LogP contribution in [0.5, 0.6) is 0 Å². The number of nitrogens with one attached hydrogen (secondary N) is 1. The fourth-order valence-corrected chi connectivity index (χ4v) is 2.49. The summed E-state index contributed by atoms with van der Waals surface area (Å²) >= 11 is 3.34. The van der Waals surface area contributed by atoms with Crippen molar-refractivity contribution in [3.8, 4) is 0 Å². The first-order valence-electron chi connectivity index (χ1n) is 5.46. The molecule has 15 heavy (non-hydrogen) atoms. The molecule has 2 rings (SSSR count). The number of hydrogen-bond donors (Lipinski definition) is 1. The minimum absolute atomic E-state index is 0.410. The number of anilines is 1. The highest BCUT2D eigenvalue weighted by atomic mass is 79.9. The van der Waals surface area contributed by atoms with Crippen molar-refractivity contribution in [2.45, 2.75) is 39.2 Å². The van der Waals surface area contributed by atoms with Crippen LogP contribution in [-0.4, -0.2) is 11.0 Å². The van der Waals surface area contributed by atoms with E-state index in [4.69, 9.17) is 0 Å². The minimum Gasteiger partial charge on any atom is -0.381 e. The fraction of sp³-hybridized carbons (Fsp3) is 0.583. The molecule has 1 atom stereocenters. The maximum atomic E-state index is 4.22. The summed E-state index contributed by atoms with van der Waals surface area (Å²) in [5.41, 5.74) is 1.53. The Kier molecular flexibility index (Phi) is 3.01. The molecule has 1 N–H and O–H groups in total. The Morgan fingerprint density at radius 1 is 1.47 bits per heavy atom. The normalized spacial score (nSPS) is 24.1. The van der Waals surface area contributed by atoms with Crippen molar-refractivity contribution in [2.24, 2.45) is 5.41 Å². The van der Waals surface area contributed by atoms with Crippen LogP contribution in [0.3, 0.4) is 0 Å². The largest absolute Gasteiger partial charge is 0.381 e. The van der Waals surface area contributed by atoms with E-state index in [2.05, 4.69) is 46.1 Å². The van der Waals surface area contributed by atoms with Gasteiger partial charge in [-0.3, -0.25) is 0 Å². The average Bonchev–Trinajstić information content (AvgIpc) is 2.50. The van der Waals surface area contributed by atoms with Gasteiger partial charge >= 0.3 is 0 Å². The van der Waals surface area contributed by atoms with Gasteiger partial charge in [-0.25, -0.2) is 4.98 Å². The summed E-state index contributed by atoms with van der Waals surface area (Å²) in [6.07, 6.45) is 5.80. The van der Waals surface area contributed by atoms with E-state index in [0.717, 1.165) is 10.3 Å². The molecule has 1 aromatic rings. The van der Waals surface area contributed by atoms with Gasteiger partial charge in [0.05, 0.1) is 11.9 Å². The second-order valence-electron chi connectivity index (χ2n) is 4.95. The molecule has 0 amide bonds. The molecule has 1 heterocycles. The highest BCUT2D eigenvalue weighted by molar-refractivity contribution is 9.10. The molecule has 2 nitrogen and oxygen atoms in total. The van der Waals surface area contributed by atoms with E-state index in [9.17, 15) is 0 Å². The molecule has 1 saturated carbocycles. The first-order chi connectivity index (χ1) is 7.08. The van der Waals surface area contributed by atoms with Gasteiger partial charge in [-0.05, 0) is 46.3 Å². The molecule has 0 spiro atoms. The Morgan fingerprint density at radius 2 is 2.27 bits per heavy atom. The maximum absolute atomic E-state index is 4.22. The van der Waals surface area contributed by atoms with Crippen LogP contribution in [0.25, 0.3) is 0 Å². The summed E-state index contributed by atoms with van der Waals surface area (Å²) < 4.78 is 0.888. The summed E-state index contributed by atoms with van der Waals surface area (Å²) in [4.78, 5) is 4.22. The van der Waals surface area contributed by atoms with E-state index in [1.165, 1.54) is 19.3 Å². The molecule has 1 aliphatic rings. The Morgan fingerprint density at radius 3 is 2.80 bits per heavy atom. The smallest absolute Gasteiger partial charge is 0.106 e. The van der Waals surface area contributed by atoms with E-state index in [0.29, 0.717) is 11.5 Å². The molecule has 0 radical (unpaired) electrons. The van der Waals surface area contributed by atoms with Gasteiger partial charge in [0.15, 0.2) is 0 Å². The number of rotatable bonds is 2. The topological polar surface area (TPSA) is 24.9 Å². The minimum atomic E-state index is 0.410. The van der Waals surface area contributed by atoms with Crippen LogP contribution in [0.4, 0.5) is 5.69 Å². The first-order valence-corrected chi connectivity index (χ1v) is 6.25. The fourth-order valence-electron chi connectivity index (χ4n) is 2.26. The van der Waals surface area contributed by atoms with Crippen molar-refractivity contribution >= 4 is 21.6 Å². The Bertz CT molecular complexity index is 332. The van der Waals surface area contributed by atoms with Gasteiger partial charge in [-0.1, -0.05) is 20.3 Å². The second-order valence-corrected chi connectivity index (χ2v) is 5.76. The zero-order chi connectivity index (χ0) is 10.9. The van der Waals surface area contributed by atoms with Gasteiger partial charge in [-0.15, -0.1) is 0 Å². The van der Waals surface area contributed by atoms with Gasteiger partial charge in [0.2, 0.25) is 0 Å². The molecule has 0 aromatic carbocycles. The molecule has 0 saturated heterocycles. The van der Waals surface area contributed by atoms with Crippen LogP contribution in [0, 0.1) is 5.41 Å². The average molecular weight is 269 g/mol. The summed E-state index contributed by atoms with van der Waals surface area (Å²) in [7, 11) is 0. The van der Waals surface area contributed by atoms with Crippen molar-refractivity contribution < 1.29 is 0 Å². The Hall–Kier alpha value is -0.570. The molecule has 1 unspecified atom stereocenters. The van der Waals surface area contributed by atoms with Crippen LogP contribution < -0.4 is 5.32 Å². The van der Waals surface area contributed by atoms with Crippen LogP contribution in [0.1, 0.15) is 33.1 Å². The summed E-state index contributed by atoms with van der Waals surface area (Å²) in [5.74, 6) is 0. The predicted molar refractivity (Wildman–Crippen MR) is 67.0 cm³/mol. The number of pyridine rings is 1. The molecule has 0 aliphatic heterocycles. The van der Waals surface area contributed by atoms with E-state index in [1.54, 1.807) is 0 Å².